The summed E-state index contributed by atoms with van der Waals surface area (Å²) in [4.78, 5) is 114. The Morgan fingerprint density at radius 3 is 1.31 bits per heavy atom. The van der Waals surface area contributed by atoms with Crippen molar-refractivity contribution in [3.63, 3.8) is 0 Å². The van der Waals surface area contributed by atoms with Crippen LogP contribution in [0.3, 0.4) is 0 Å². The molecule has 6 aliphatic rings. The van der Waals surface area contributed by atoms with Crippen LogP contribution in [0, 0.1) is 29.5 Å². The summed E-state index contributed by atoms with van der Waals surface area (Å²) in [6.07, 6.45) is 19.8. The van der Waals surface area contributed by atoms with Gasteiger partial charge >= 0.3 is 30.3 Å². The molecule has 32 nitrogen and oxygen atoms in total. The zero-order valence-electron chi connectivity index (χ0n) is 79.4. The largest absolute Gasteiger partial charge is 0.416 e. The molecule has 0 bridgehead atoms. The van der Waals surface area contributed by atoms with E-state index in [1.165, 1.54) is 42.9 Å². The van der Waals surface area contributed by atoms with Crippen LogP contribution in [0.2, 0.25) is 15.1 Å². The SMILES string of the molecule is CC(C)[C@@H]1N(c2ccnc(N[C@@H](C)c3cn(-c4ccc(Cl)cc4)cn3)n2)C(=O)NC1(C)C.CC(C)[C@@H]1N(c2ccnc(N[C@@H](C)c3cn(-c4ccc(Cl)cc4)cn3)n2)C(=O)NC12CC2.CC(C)[C@H]1CN(C)C(=O)N1c1ccnc(NC2(c3cn(-c4cc(F)cc(Cl)c4)cn3)CC2)n1.[2H]C([2H])(C)N1C(=O)N(c2ccnc(N[C@@H](C)c3cn(-c4ccc(C(F)(F)F)cc4)cn3)n2)[C@@H](C(C)C)C1([2H])[2H]. The van der Waals surface area contributed by atoms with Crippen LogP contribution >= 0.6 is 34.8 Å². The predicted molar refractivity (Wildman–Crippen MR) is 501 cm³/mol. The Hall–Kier alpha value is -13.1. The topological polar surface area (TPSA) is 334 Å². The van der Waals surface area contributed by atoms with Crippen molar-refractivity contribution in [2.45, 2.75) is 188 Å². The minimum Gasteiger partial charge on any atom is -0.346 e. The van der Waals surface area contributed by atoms with E-state index >= 15 is 0 Å². The second kappa shape index (κ2) is 38.4. The van der Waals surface area contributed by atoms with Gasteiger partial charge in [-0.2, -0.15) is 33.1 Å². The molecule has 1 spiro atoms. The third-order valence-corrected chi connectivity index (χ3v) is 24.5. The molecule has 4 aromatic carbocycles. The number of halogens is 7. The molecule has 2 saturated carbocycles. The van der Waals surface area contributed by atoms with E-state index in [2.05, 4.69) is 133 Å². The molecule has 8 amide bonds. The van der Waals surface area contributed by atoms with E-state index in [1.807, 2.05) is 104 Å². The van der Waals surface area contributed by atoms with Crippen LogP contribution in [0.15, 0.2) is 190 Å². The lowest BCUT2D eigenvalue weighted by molar-refractivity contribution is -0.137. The van der Waals surface area contributed by atoms with Gasteiger partial charge in [0.05, 0.1) is 121 Å². The highest BCUT2D eigenvalue weighted by Crippen LogP contribution is 2.50. The summed E-state index contributed by atoms with van der Waals surface area (Å²) in [5.74, 6) is 3.44. The quantitative estimate of drug-likeness (QED) is 0.0290. The molecule has 2 aliphatic carbocycles. The molecule has 4 aliphatic heterocycles. The maximum atomic E-state index is 13.8. The Balaban J connectivity index is 0.000000138. The highest BCUT2D eigenvalue weighted by Gasteiger charge is 2.61. The smallest absolute Gasteiger partial charge is 0.346 e. The van der Waals surface area contributed by atoms with E-state index in [0.29, 0.717) is 90.7 Å². The number of amides is 8. The van der Waals surface area contributed by atoms with Crippen LogP contribution in [0.25, 0.3) is 22.7 Å². The second-order valence-electron chi connectivity index (χ2n) is 35.4. The van der Waals surface area contributed by atoms with Crippen molar-refractivity contribution >= 4 is 106 Å². The Bertz CT molecular complexity index is 6130. The molecule has 4 saturated heterocycles. The summed E-state index contributed by atoms with van der Waals surface area (Å²) in [5.41, 5.74) is 4.49. The monoisotopic (exact) mass is 1860 g/mol. The van der Waals surface area contributed by atoms with Gasteiger partial charge in [0, 0.05) is 111 Å². The van der Waals surface area contributed by atoms with Crippen molar-refractivity contribution in [1.82, 2.24) is 98.5 Å². The first-order chi connectivity index (χ1) is 64.3. The van der Waals surface area contributed by atoms with Crippen LogP contribution in [0.1, 0.15) is 175 Å². The summed E-state index contributed by atoms with van der Waals surface area (Å²) in [6.45, 7) is 23.3. The fourth-order valence-corrected chi connectivity index (χ4v) is 17.4. The second-order valence-corrected chi connectivity index (χ2v) is 36.7. The molecule has 12 aromatic rings. The lowest BCUT2D eigenvalue weighted by Crippen LogP contribution is -2.48. The van der Waals surface area contributed by atoms with Crippen molar-refractivity contribution in [2.75, 3.05) is 67.5 Å². The average Bonchev–Trinajstić information content (AvgIpc) is 1.57. The first-order valence-corrected chi connectivity index (χ1v) is 44.5. The van der Waals surface area contributed by atoms with Gasteiger partial charge in [-0.3, -0.25) is 19.6 Å². The number of nitrogens with one attached hydrogen (secondary N) is 6. The van der Waals surface area contributed by atoms with Crippen molar-refractivity contribution < 1.29 is 42.2 Å². The van der Waals surface area contributed by atoms with Gasteiger partial charge in [-0.15, -0.1) is 0 Å². The summed E-state index contributed by atoms with van der Waals surface area (Å²) in [6, 6.07) is 28.2. The normalized spacial score (nSPS) is 19.8. The van der Waals surface area contributed by atoms with Crippen LogP contribution in [0.5, 0.6) is 0 Å². The Labute approximate surface area is 783 Å². The van der Waals surface area contributed by atoms with Gasteiger partial charge in [0.15, 0.2) is 0 Å². The maximum Gasteiger partial charge on any atom is 0.416 e. The standard InChI is InChI=1S/C24H28F3N7O.C23H25ClFN7O.C23H26ClN7O.C23H28ClN7O/c1-5-32-13-20(15(2)3)34(23(32)35)21-10-11-28-22(31-21)30-16(4)19-12-33(14-29-19)18-8-6-17(7-9-18)24(25,26)27;1-14(2)18-11-30(3)22(33)32(18)20-4-7-26-21(28-20)29-23(5-6-23)19-12-31(13-27-19)17-9-15(24)8-16(25)10-17;1-14(2)20-23(9-10-23)29-22(32)31(20)19-8-11-25-21(28-19)27-15(3)18-12-30(13-26-18)17-6-4-16(24)5-7-17;1-14(2)20-23(4,5)29-22(32)31(20)19-10-11-25-21(28-19)27-15(3)18-12-30(13-26-18)17-8-6-16(24)7-9-17/h6-12,14-16,20H,5,13H2,1-4H3,(H,28,30,31);4,7-10,12-14,18H,5-6,11H2,1-3H3,(H,26,28,29);4-8,11-15,20H,9-10H2,1-3H3,(H,29,32)(H,25,27,28);6-15,20H,1-5H3,(H,29,32)(H,25,27,28)/t16-,20+;18-;2*15-,20-/m0100/s1/i5D2,13D2;;;. The van der Waals surface area contributed by atoms with Gasteiger partial charge in [0.2, 0.25) is 23.8 Å². The van der Waals surface area contributed by atoms with E-state index in [-0.39, 0.29) is 83.0 Å². The molecule has 8 aromatic heterocycles. The minimum atomic E-state index is -4.43. The third-order valence-electron chi connectivity index (χ3n) is 23.8. The average molecular weight is 1870 g/mol. The molecule has 6 fully saturated rings. The molecule has 6 N–H and O–H groups in total. The molecule has 12 heterocycles. The fourth-order valence-electron chi connectivity index (χ4n) is 16.9. The molecule has 132 heavy (non-hydrogen) atoms. The molecule has 692 valence electrons. The number of nitrogens with zero attached hydrogens (tertiary/aromatic N) is 22. The highest BCUT2D eigenvalue weighted by atomic mass is 35.5. The number of carbonyl (C=O) groups excluding carboxylic acids is 4. The number of likely N-dealkylation sites (N-methyl/N-ethyl adjacent to an activating group) is 2. The first-order valence-electron chi connectivity index (χ1n) is 45.4. The number of aromatic nitrogens is 16. The van der Waals surface area contributed by atoms with Crippen LogP contribution in [-0.2, 0) is 11.7 Å². The van der Waals surface area contributed by atoms with Crippen molar-refractivity contribution in [3.05, 3.63) is 239 Å². The fraction of sp³-hybridized carbons (Fsp3) is 0.398. The molecular weight excluding hydrogens is 1760 g/mol. The Morgan fingerprint density at radius 1 is 0.477 bits per heavy atom. The summed E-state index contributed by atoms with van der Waals surface area (Å²) in [7, 11) is 1.80. The van der Waals surface area contributed by atoms with Gasteiger partial charge in [-0.25, -0.2) is 63.4 Å². The molecule has 18 rings (SSSR count). The van der Waals surface area contributed by atoms with Gasteiger partial charge in [0.1, 0.15) is 29.1 Å². The third kappa shape index (κ3) is 20.6. The van der Waals surface area contributed by atoms with E-state index in [4.69, 9.17) is 40.3 Å². The summed E-state index contributed by atoms with van der Waals surface area (Å²) >= 11 is 18.0. The van der Waals surface area contributed by atoms with Gasteiger partial charge in [-0.1, -0.05) is 90.2 Å². The number of hydrogen-bond acceptors (Lipinski definition) is 20. The number of rotatable bonds is 25. The maximum absolute atomic E-state index is 13.8. The zero-order chi connectivity index (χ0) is 97.7. The van der Waals surface area contributed by atoms with E-state index in [0.717, 1.165) is 78.1 Å². The minimum absolute atomic E-state index is 0.0229. The number of anilines is 8. The molecular formula is C93H107Cl3F4N28O4. The number of imidazole rings is 4. The zero-order valence-corrected chi connectivity index (χ0v) is 77.7. The summed E-state index contributed by atoms with van der Waals surface area (Å²) < 4.78 is 92.7. The van der Waals surface area contributed by atoms with Crippen molar-refractivity contribution in [3.8, 4) is 22.7 Å². The lowest BCUT2D eigenvalue weighted by Gasteiger charge is -2.33. The summed E-state index contributed by atoms with van der Waals surface area (Å²) in [5, 5.41) is 21.1. The Kier molecular flexibility index (Phi) is 25.6. The van der Waals surface area contributed by atoms with E-state index < -0.39 is 54.2 Å². The number of alkyl halides is 3. The molecule has 0 unspecified atom stereocenters. The number of benzene rings is 4. The van der Waals surface area contributed by atoms with Crippen LogP contribution < -0.4 is 51.5 Å². The van der Waals surface area contributed by atoms with Crippen LogP contribution in [0.4, 0.5) is 83.8 Å². The van der Waals surface area contributed by atoms with E-state index in [1.54, 1.807) is 125 Å². The van der Waals surface area contributed by atoms with Crippen molar-refractivity contribution in [1.29, 1.82) is 0 Å². The van der Waals surface area contributed by atoms with Gasteiger partial charge in [0.25, 0.3) is 0 Å². The predicted octanol–water partition coefficient (Wildman–Crippen LogP) is 19.0. The lowest BCUT2D eigenvalue weighted by atomic mass is 9.87. The molecule has 7 atom stereocenters. The van der Waals surface area contributed by atoms with Crippen molar-refractivity contribution in [2.24, 2.45) is 23.7 Å². The van der Waals surface area contributed by atoms with E-state index in [9.17, 15) is 36.7 Å². The Morgan fingerprint density at radius 2 is 0.886 bits per heavy atom. The van der Waals surface area contributed by atoms with Crippen LogP contribution in [-0.4, -0.2) is 174 Å². The van der Waals surface area contributed by atoms with Gasteiger partial charge in [-0.05, 0) is 206 Å². The first kappa shape index (κ1) is 88.2. The molecule has 0 radical (unpaired) electrons. The van der Waals surface area contributed by atoms with Gasteiger partial charge < -0.3 is 60.0 Å². The number of carbonyl (C=O) groups is 4. The molecule has 39 heteroatoms. The highest BCUT2D eigenvalue weighted by molar-refractivity contribution is 6.31. The number of urea groups is 4. The number of hydrogen-bond donors (Lipinski definition) is 6.